The molecule has 142 valence electrons. The summed E-state index contributed by atoms with van der Waals surface area (Å²) < 4.78 is 11.1. The molecule has 2 aliphatic heterocycles. The van der Waals surface area contributed by atoms with E-state index in [0.717, 1.165) is 30.8 Å². The SMILES string of the molecule is C[C@@H]1C[C@@H]1c1ccc(/C=C2\N=C(c3ccc(N4CCCC4=O)cc3)OC2=O)o1. The Hall–Kier alpha value is -3.15. The molecular weight excluding hydrogens is 356 g/mol. The van der Waals surface area contributed by atoms with Gasteiger partial charge in [0.2, 0.25) is 11.8 Å². The van der Waals surface area contributed by atoms with Gasteiger partial charge in [-0.3, -0.25) is 4.79 Å². The van der Waals surface area contributed by atoms with Gasteiger partial charge in [-0.05, 0) is 55.2 Å². The number of anilines is 1. The molecular formula is C22H20N2O4. The van der Waals surface area contributed by atoms with Gasteiger partial charge in [-0.25, -0.2) is 9.79 Å². The Kier molecular flexibility index (Phi) is 3.93. The molecule has 1 saturated carbocycles. The Bertz CT molecular complexity index is 1020. The summed E-state index contributed by atoms with van der Waals surface area (Å²) in [6.07, 6.45) is 4.23. The second-order valence-corrected chi connectivity index (χ2v) is 7.59. The maximum Gasteiger partial charge on any atom is 0.363 e. The summed E-state index contributed by atoms with van der Waals surface area (Å²) in [5.41, 5.74) is 1.77. The largest absolute Gasteiger partial charge is 0.461 e. The van der Waals surface area contributed by atoms with Crippen LogP contribution >= 0.6 is 0 Å². The van der Waals surface area contributed by atoms with Crippen LogP contribution in [-0.2, 0) is 14.3 Å². The molecule has 1 aromatic carbocycles. The predicted octanol–water partition coefficient (Wildman–Crippen LogP) is 3.87. The second-order valence-electron chi connectivity index (χ2n) is 7.59. The van der Waals surface area contributed by atoms with E-state index in [4.69, 9.17) is 9.15 Å². The molecule has 1 aromatic heterocycles. The van der Waals surface area contributed by atoms with Crippen LogP contribution in [0, 0.1) is 5.92 Å². The Labute approximate surface area is 162 Å². The van der Waals surface area contributed by atoms with Crippen LogP contribution in [0.15, 0.2) is 51.5 Å². The molecule has 0 bridgehead atoms. The van der Waals surface area contributed by atoms with Gasteiger partial charge in [-0.2, -0.15) is 0 Å². The van der Waals surface area contributed by atoms with Crippen LogP contribution in [0.25, 0.3) is 6.08 Å². The fourth-order valence-electron chi connectivity index (χ4n) is 3.74. The van der Waals surface area contributed by atoms with Crippen molar-refractivity contribution in [3.8, 4) is 0 Å². The second kappa shape index (κ2) is 6.48. The summed E-state index contributed by atoms with van der Waals surface area (Å²) in [6.45, 7) is 2.94. The molecule has 2 atom stereocenters. The van der Waals surface area contributed by atoms with E-state index in [1.165, 1.54) is 0 Å². The zero-order valence-corrected chi connectivity index (χ0v) is 15.6. The number of rotatable bonds is 4. The molecule has 2 aromatic rings. The summed E-state index contributed by atoms with van der Waals surface area (Å²) in [7, 11) is 0. The molecule has 3 heterocycles. The first kappa shape index (κ1) is 17.0. The van der Waals surface area contributed by atoms with Crippen LogP contribution < -0.4 is 4.90 Å². The zero-order valence-electron chi connectivity index (χ0n) is 15.6. The fourth-order valence-corrected chi connectivity index (χ4v) is 3.74. The van der Waals surface area contributed by atoms with Gasteiger partial charge in [-0.15, -0.1) is 0 Å². The van der Waals surface area contributed by atoms with Crippen molar-refractivity contribution in [3.63, 3.8) is 0 Å². The molecule has 6 heteroatoms. The smallest absolute Gasteiger partial charge is 0.363 e. The summed E-state index contributed by atoms with van der Waals surface area (Å²) in [6, 6.07) is 11.2. The highest BCUT2D eigenvalue weighted by Crippen LogP contribution is 2.47. The standard InChI is InChI=1S/C22H20N2O4/c1-13-11-17(13)19-9-8-16(27-19)12-18-22(26)28-21(23-18)14-4-6-15(7-5-14)24-10-2-3-20(24)25/h4-9,12-13,17H,2-3,10-11H2,1H3/b18-12-/t13-,17+/m1/s1. The lowest BCUT2D eigenvalue weighted by Gasteiger charge is -2.15. The van der Waals surface area contributed by atoms with Crippen LogP contribution in [0.5, 0.6) is 0 Å². The quantitative estimate of drug-likeness (QED) is 0.600. The Morgan fingerprint density at radius 3 is 2.61 bits per heavy atom. The van der Waals surface area contributed by atoms with Gasteiger partial charge < -0.3 is 14.1 Å². The zero-order chi connectivity index (χ0) is 19.3. The van der Waals surface area contributed by atoms with E-state index in [1.54, 1.807) is 11.0 Å². The van der Waals surface area contributed by atoms with Gasteiger partial charge in [0.1, 0.15) is 11.5 Å². The highest BCUT2D eigenvalue weighted by Gasteiger charge is 2.36. The monoisotopic (exact) mass is 376 g/mol. The third-order valence-electron chi connectivity index (χ3n) is 5.52. The van der Waals surface area contributed by atoms with Gasteiger partial charge in [0.25, 0.3) is 0 Å². The Morgan fingerprint density at radius 2 is 1.93 bits per heavy atom. The predicted molar refractivity (Wildman–Crippen MR) is 104 cm³/mol. The number of cyclic esters (lactones) is 1. The number of carbonyl (C=O) groups excluding carboxylic acids is 2. The minimum absolute atomic E-state index is 0.140. The Morgan fingerprint density at radius 1 is 1.14 bits per heavy atom. The highest BCUT2D eigenvalue weighted by molar-refractivity contribution is 6.13. The first-order chi connectivity index (χ1) is 13.6. The van der Waals surface area contributed by atoms with E-state index in [9.17, 15) is 9.59 Å². The molecule has 0 spiro atoms. The third-order valence-corrected chi connectivity index (χ3v) is 5.52. The molecule has 28 heavy (non-hydrogen) atoms. The first-order valence-electron chi connectivity index (χ1n) is 9.61. The molecule has 1 amide bonds. The van der Waals surface area contributed by atoms with Crippen molar-refractivity contribution < 1.29 is 18.7 Å². The topological polar surface area (TPSA) is 72.1 Å². The number of esters is 1. The van der Waals surface area contributed by atoms with Crippen molar-refractivity contribution in [2.45, 2.75) is 32.1 Å². The Balaban J connectivity index is 1.35. The summed E-state index contributed by atoms with van der Waals surface area (Å²) >= 11 is 0. The number of hydrogen-bond donors (Lipinski definition) is 0. The van der Waals surface area contributed by atoms with E-state index in [-0.39, 0.29) is 17.5 Å². The van der Waals surface area contributed by atoms with E-state index in [1.807, 2.05) is 36.4 Å². The van der Waals surface area contributed by atoms with Crippen molar-refractivity contribution in [2.75, 3.05) is 11.4 Å². The van der Waals surface area contributed by atoms with Crippen LogP contribution in [0.4, 0.5) is 5.69 Å². The summed E-state index contributed by atoms with van der Waals surface area (Å²) in [5.74, 6) is 2.62. The number of aliphatic imine (C=N–C) groups is 1. The number of furan rings is 1. The van der Waals surface area contributed by atoms with Gasteiger partial charge in [0.15, 0.2) is 5.70 Å². The van der Waals surface area contributed by atoms with E-state index in [2.05, 4.69) is 11.9 Å². The average Bonchev–Trinajstić information content (AvgIpc) is 3.07. The van der Waals surface area contributed by atoms with Crippen molar-refractivity contribution >= 4 is 29.5 Å². The van der Waals surface area contributed by atoms with Crippen molar-refractivity contribution in [1.29, 1.82) is 0 Å². The number of ether oxygens (including phenoxy) is 1. The molecule has 1 saturated heterocycles. The molecule has 0 unspecified atom stereocenters. The van der Waals surface area contributed by atoms with Crippen molar-refractivity contribution in [3.05, 3.63) is 59.2 Å². The van der Waals surface area contributed by atoms with Gasteiger partial charge in [0, 0.05) is 36.2 Å². The maximum atomic E-state index is 12.2. The highest BCUT2D eigenvalue weighted by atomic mass is 16.6. The number of nitrogens with zero attached hydrogens (tertiary/aromatic N) is 2. The number of amides is 1. The van der Waals surface area contributed by atoms with Crippen LogP contribution in [-0.4, -0.2) is 24.3 Å². The molecule has 3 aliphatic rings. The fraction of sp³-hybridized carbons (Fsp3) is 0.318. The van der Waals surface area contributed by atoms with Crippen LogP contribution in [0.2, 0.25) is 0 Å². The minimum Gasteiger partial charge on any atom is -0.461 e. The van der Waals surface area contributed by atoms with E-state index in [0.29, 0.717) is 29.6 Å². The van der Waals surface area contributed by atoms with E-state index < -0.39 is 5.97 Å². The van der Waals surface area contributed by atoms with Crippen LogP contribution in [0.3, 0.4) is 0 Å². The first-order valence-corrected chi connectivity index (χ1v) is 9.61. The average molecular weight is 376 g/mol. The lowest BCUT2D eigenvalue weighted by Crippen LogP contribution is -2.23. The van der Waals surface area contributed by atoms with E-state index >= 15 is 0 Å². The van der Waals surface area contributed by atoms with Crippen LogP contribution in [0.1, 0.15) is 49.2 Å². The van der Waals surface area contributed by atoms with Gasteiger partial charge >= 0.3 is 5.97 Å². The lowest BCUT2D eigenvalue weighted by atomic mass is 10.2. The summed E-state index contributed by atoms with van der Waals surface area (Å²) in [5, 5.41) is 0. The molecule has 0 N–H and O–H groups in total. The molecule has 0 radical (unpaired) electrons. The summed E-state index contributed by atoms with van der Waals surface area (Å²) in [4.78, 5) is 30.1. The molecule has 1 aliphatic carbocycles. The van der Waals surface area contributed by atoms with Crippen molar-refractivity contribution in [2.24, 2.45) is 10.9 Å². The molecule has 2 fully saturated rings. The normalized spacial score (nSPS) is 25.4. The molecule has 6 nitrogen and oxygen atoms in total. The number of carbonyl (C=O) groups is 2. The lowest BCUT2D eigenvalue weighted by molar-refractivity contribution is -0.130. The molecule has 5 rings (SSSR count). The van der Waals surface area contributed by atoms with Gasteiger partial charge in [-0.1, -0.05) is 6.92 Å². The van der Waals surface area contributed by atoms with Crippen molar-refractivity contribution in [1.82, 2.24) is 0 Å². The number of benzene rings is 1. The number of hydrogen-bond acceptors (Lipinski definition) is 5. The van der Waals surface area contributed by atoms with Gasteiger partial charge in [0.05, 0.1) is 0 Å². The minimum atomic E-state index is -0.494. The third kappa shape index (κ3) is 3.05. The maximum absolute atomic E-state index is 12.2.